The van der Waals surface area contributed by atoms with Crippen molar-refractivity contribution in [2.45, 2.75) is 45.6 Å². The van der Waals surface area contributed by atoms with Gasteiger partial charge in [0.2, 0.25) is 0 Å². The van der Waals surface area contributed by atoms with Gasteiger partial charge in [-0.05, 0) is 38.8 Å². The van der Waals surface area contributed by atoms with Crippen LogP contribution in [0.1, 0.15) is 38.4 Å². The molecule has 0 unspecified atom stereocenters. The lowest BCUT2D eigenvalue weighted by molar-refractivity contribution is 0.748. The Morgan fingerprint density at radius 2 is 1.86 bits per heavy atom. The van der Waals surface area contributed by atoms with Gasteiger partial charge in [-0.2, -0.15) is 0 Å². The maximum absolute atomic E-state index is 4.63. The van der Waals surface area contributed by atoms with Crippen molar-refractivity contribution >= 4 is 17.3 Å². The Balaban J connectivity index is 1.87. The van der Waals surface area contributed by atoms with E-state index in [0.29, 0.717) is 6.04 Å². The van der Waals surface area contributed by atoms with Crippen LogP contribution >= 0.6 is 0 Å². The molecule has 0 atom stereocenters. The highest BCUT2D eigenvalue weighted by Gasteiger charge is 2.17. The first-order valence-corrected chi connectivity index (χ1v) is 8.21. The average Bonchev–Trinajstić information content (AvgIpc) is 3.01. The Morgan fingerprint density at radius 3 is 2.55 bits per heavy atom. The molecule has 1 saturated carbocycles. The third kappa shape index (κ3) is 3.38. The number of para-hydroxylation sites is 1. The largest absolute Gasteiger partial charge is 0.367 e. The second-order valence-electron chi connectivity index (χ2n) is 5.86. The van der Waals surface area contributed by atoms with Crippen LogP contribution in [-0.4, -0.2) is 22.6 Å². The highest BCUT2D eigenvalue weighted by atomic mass is 15.2. The molecular weight excluding hydrogens is 272 g/mol. The molecule has 2 aromatic rings. The molecule has 1 fully saturated rings. The van der Waals surface area contributed by atoms with Gasteiger partial charge in [-0.25, -0.2) is 9.97 Å². The summed E-state index contributed by atoms with van der Waals surface area (Å²) in [5, 5.41) is 3.57. The van der Waals surface area contributed by atoms with Gasteiger partial charge in [0.05, 0.1) is 0 Å². The quantitative estimate of drug-likeness (QED) is 0.893. The van der Waals surface area contributed by atoms with Crippen LogP contribution in [0.3, 0.4) is 0 Å². The van der Waals surface area contributed by atoms with E-state index in [1.165, 1.54) is 25.7 Å². The van der Waals surface area contributed by atoms with E-state index in [4.69, 9.17) is 0 Å². The van der Waals surface area contributed by atoms with Gasteiger partial charge in [-0.15, -0.1) is 0 Å². The Morgan fingerprint density at radius 1 is 1.14 bits per heavy atom. The van der Waals surface area contributed by atoms with Gasteiger partial charge in [-0.3, -0.25) is 0 Å². The predicted octanol–water partition coefficient (Wildman–Crippen LogP) is 4.30. The zero-order valence-electron chi connectivity index (χ0n) is 13.4. The summed E-state index contributed by atoms with van der Waals surface area (Å²) in [5.41, 5.74) is 1.16. The third-order valence-electron chi connectivity index (χ3n) is 4.19. The first-order chi connectivity index (χ1) is 10.8. The van der Waals surface area contributed by atoms with Crippen molar-refractivity contribution in [3.8, 4) is 0 Å². The normalized spacial score (nSPS) is 15.0. The van der Waals surface area contributed by atoms with Crippen LogP contribution in [0.4, 0.5) is 17.3 Å². The molecule has 0 bridgehead atoms. The van der Waals surface area contributed by atoms with Crippen LogP contribution < -0.4 is 10.2 Å². The zero-order chi connectivity index (χ0) is 15.4. The molecule has 4 heteroatoms. The molecule has 1 N–H and O–H groups in total. The molecule has 1 aromatic carbocycles. The van der Waals surface area contributed by atoms with Gasteiger partial charge >= 0.3 is 0 Å². The summed E-state index contributed by atoms with van der Waals surface area (Å²) in [7, 11) is 0. The van der Waals surface area contributed by atoms with E-state index in [1.54, 1.807) is 0 Å². The third-order valence-corrected chi connectivity index (χ3v) is 4.19. The second kappa shape index (κ2) is 6.77. The SMILES string of the molecule is CCN(c1ccccc1)c1cc(NC2CCCC2)nc(C)n1. The lowest BCUT2D eigenvalue weighted by Crippen LogP contribution is -2.20. The van der Waals surface area contributed by atoms with E-state index in [9.17, 15) is 0 Å². The second-order valence-corrected chi connectivity index (χ2v) is 5.86. The van der Waals surface area contributed by atoms with Crippen LogP contribution in [0.25, 0.3) is 0 Å². The van der Waals surface area contributed by atoms with Gasteiger partial charge in [0.15, 0.2) is 0 Å². The van der Waals surface area contributed by atoms with Crippen molar-refractivity contribution in [2.24, 2.45) is 0 Å². The number of aromatic nitrogens is 2. The van der Waals surface area contributed by atoms with Gasteiger partial charge < -0.3 is 10.2 Å². The van der Waals surface area contributed by atoms with Crippen molar-refractivity contribution in [3.05, 3.63) is 42.2 Å². The zero-order valence-corrected chi connectivity index (χ0v) is 13.4. The van der Waals surface area contributed by atoms with Crippen LogP contribution in [0, 0.1) is 6.92 Å². The number of nitrogens with zero attached hydrogens (tertiary/aromatic N) is 3. The van der Waals surface area contributed by atoms with E-state index in [0.717, 1.165) is 29.7 Å². The number of hydrogen-bond donors (Lipinski definition) is 1. The van der Waals surface area contributed by atoms with Crippen LogP contribution in [-0.2, 0) is 0 Å². The van der Waals surface area contributed by atoms with Crippen molar-refractivity contribution in [2.75, 3.05) is 16.8 Å². The highest BCUT2D eigenvalue weighted by Crippen LogP contribution is 2.27. The smallest absolute Gasteiger partial charge is 0.138 e. The summed E-state index contributed by atoms with van der Waals surface area (Å²) in [6.07, 6.45) is 5.13. The summed E-state index contributed by atoms with van der Waals surface area (Å²) < 4.78 is 0. The molecule has 4 nitrogen and oxygen atoms in total. The Bertz CT molecular complexity index is 606. The minimum absolute atomic E-state index is 0.564. The summed E-state index contributed by atoms with van der Waals surface area (Å²) in [4.78, 5) is 11.4. The molecule has 22 heavy (non-hydrogen) atoms. The topological polar surface area (TPSA) is 41.0 Å². The van der Waals surface area contributed by atoms with Gasteiger partial charge in [0, 0.05) is 24.3 Å². The molecule has 0 saturated heterocycles. The van der Waals surface area contributed by atoms with Crippen LogP contribution in [0.15, 0.2) is 36.4 Å². The Labute approximate surface area is 132 Å². The fraction of sp³-hybridized carbons (Fsp3) is 0.444. The molecule has 0 amide bonds. The monoisotopic (exact) mass is 296 g/mol. The van der Waals surface area contributed by atoms with E-state index < -0.39 is 0 Å². The van der Waals surface area contributed by atoms with Crippen molar-refractivity contribution in [1.82, 2.24) is 9.97 Å². The number of rotatable bonds is 5. The lowest BCUT2D eigenvalue weighted by Gasteiger charge is -2.23. The molecule has 1 aliphatic rings. The standard InChI is InChI=1S/C18H24N4/c1-3-22(16-11-5-4-6-12-16)18-13-17(19-14(2)20-18)21-15-9-7-8-10-15/h4-6,11-13,15H,3,7-10H2,1-2H3,(H,19,20,21). The van der Waals surface area contributed by atoms with E-state index in [2.05, 4.69) is 57.4 Å². The number of benzene rings is 1. The van der Waals surface area contributed by atoms with E-state index >= 15 is 0 Å². The molecule has 0 aliphatic heterocycles. The molecule has 1 aromatic heterocycles. The minimum Gasteiger partial charge on any atom is -0.367 e. The van der Waals surface area contributed by atoms with Crippen LogP contribution in [0.2, 0.25) is 0 Å². The van der Waals surface area contributed by atoms with Crippen molar-refractivity contribution < 1.29 is 0 Å². The summed E-state index contributed by atoms with van der Waals surface area (Å²) >= 11 is 0. The number of nitrogens with one attached hydrogen (secondary N) is 1. The molecule has 1 aliphatic carbocycles. The number of hydrogen-bond acceptors (Lipinski definition) is 4. The Kier molecular flexibility index (Phi) is 4.56. The van der Waals surface area contributed by atoms with Crippen molar-refractivity contribution in [3.63, 3.8) is 0 Å². The first-order valence-electron chi connectivity index (χ1n) is 8.21. The fourth-order valence-corrected chi connectivity index (χ4v) is 3.13. The highest BCUT2D eigenvalue weighted by molar-refractivity contribution is 5.62. The van der Waals surface area contributed by atoms with Gasteiger partial charge in [-0.1, -0.05) is 31.0 Å². The van der Waals surface area contributed by atoms with Gasteiger partial charge in [0.25, 0.3) is 0 Å². The van der Waals surface area contributed by atoms with Gasteiger partial charge in [0.1, 0.15) is 17.5 Å². The average molecular weight is 296 g/mol. The van der Waals surface area contributed by atoms with E-state index in [-0.39, 0.29) is 0 Å². The first kappa shape index (κ1) is 14.8. The fourth-order valence-electron chi connectivity index (χ4n) is 3.13. The lowest BCUT2D eigenvalue weighted by atomic mass is 10.2. The molecule has 0 radical (unpaired) electrons. The summed E-state index contributed by atoms with van der Waals surface area (Å²) in [6.45, 7) is 4.99. The van der Waals surface area contributed by atoms with Crippen molar-refractivity contribution in [1.29, 1.82) is 0 Å². The minimum atomic E-state index is 0.564. The molecular formula is C18H24N4. The maximum atomic E-state index is 4.63. The molecule has 116 valence electrons. The van der Waals surface area contributed by atoms with Crippen LogP contribution in [0.5, 0.6) is 0 Å². The molecule has 3 rings (SSSR count). The number of aryl methyl sites for hydroxylation is 1. The Hall–Kier alpha value is -2.10. The maximum Gasteiger partial charge on any atom is 0.138 e. The summed E-state index contributed by atoms with van der Waals surface area (Å²) in [5.74, 6) is 2.72. The predicted molar refractivity (Wildman–Crippen MR) is 91.8 cm³/mol. The molecule has 1 heterocycles. The summed E-state index contributed by atoms with van der Waals surface area (Å²) in [6, 6.07) is 13.0. The van der Waals surface area contributed by atoms with E-state index in [1.807, 2.05) is 13.0 Å². The molecule has 0 spiro atoms. The number of anilines is 3.